The zero-order chi connectivity index (χ0) is 17.3. The fourth-order valence-corrected chi connectivity index (χ4v) is 5.58. The van der Waals surface area contributed by atoms with Crippen LogP contribution in [0.25, 0.3) is 0 Å². The van der Waals surface area contributed by atoms with Crippen molar-refractivity contribution in [3.05, 3.63) is 28.8 Å². The Bertz CT molecular complexity index is 723. The van der Waals surface area contributed by atoms with Gasteiger partial charge in [0.2, 0.25) is 10.0 Å². The Balaban J connectivity index is 1.89. The summed E-state index contributed by atoms with van der Waals surface area (Å²) in [5, 5.41) is 0.168. The SMILES string of the molecule is CN(C(=O)c1ccc(Cl)c(S(=O)(=O)N2CCCC2)c1)C1CCCC1. The molecule has 1 heterocycles. The lowest BCUT2D eigenvalue weighted by Gasteiger charge is -2.25. The molecule has 1 aliphatic carbocycles. The zero-order valence-corrected chi connectivity index (χ0v) is 15.4. The van der Waals surface area contributed by atoms with E-state index < -0.39 is 10.0 Å². The van der Waals surface area contributed by atoms with Gasteiger partial charge >= 0.3 is 0 Å². The molecular formula is C17H23ClN2O3S. The summed E-state index contributed by atoms with van der Waals surface area (Å²) >= 11 is 6.14. The molecule has 1 amide bonds. The predicted octanol–water partition coefficient (Wildman–Crippen LogP) is 3.14. The van der Waals surface area contributed by atoms with Gasteiger partial charge in [-0.25, -0.2) is 8.42 Å². The van der Waals surface area contributed by atoms with Gasteiger partial charge < -0.3 is 4.90 Å². The molecule has 132 valence electrons. The molecule has 2 fully saturated rings. The normalized spacial score (nSPS) is 19.8. The van der Waals surface area contributed by atoms with Crippen molar-refractivity contribution in [2.75, 3.05) is 20.1 Å². The van der Waals surface area contributed by atoms with E-state index in [1.54, 1.807) is 18.0 Å². The summed E-state index contributed by atoms with van der Waals surface area (Å²) in [6.45, 7) is 1.03. The maximum absolute atomic E-state index is 12.8. The first-order chi connectivity index (χ1) is 11.4. The molecular weight excluding hydrogens is 348 g/mol. The lowest BCUT2D eigenvalue weighted by atomic mass is 10.1. The average molecular weight is 371 g/mol. The molecule has 0 N–H and O–H groups in total. The van der Waals surface area contributed by atoms with E-state index in [0.29, 0.717) is 18.7 Å². The summed E-state index contributed by atoms with van der Waals surface area (Å²) in [6.07, 6.45) is 6.01. The van der Waals surface area contributed by atoms with Crippen LogP contribution in [0.1, 0.15) is 48.9 Å². The van der Waals surface area contributed by atoms with Crippen LogP contribution in [0.4, 0.5) is 0 Å². The topological polar surface area (TPSA) is 57.7 Å². The standard InChI is InChI=1S/C17H23ClN2O3S/c1-19(14-6-2-3-7-14)17(21)13-8-9-15(18)16(12-13)24(22,23)20-10-4-5-11-20/h8-9,12,14H,2-7,10-11H2,1H3. The van der Waals surface area contributed by atoms with E-state index in [1.807, 2.05) is 0 Å². The van der Waals surface area contributed by atoms with Gasteiger partial charge in [0.15, 0.2) is 0 Å². The van der Waals surface area contributed by atoms with Crippen molar-refractivity contribution in [1.29, 1.82) is 0 Å². The molecule has 7 heteroatoms. The number of carbonyl (C=O) groups is 1. The Morgan fingerprint density at radius 1 is 1.17 bits per heavy atom. The highest BCUT2D eigenvalue weighted by Crippen LogP contribution is 2.29. The second-order valence-electron chi connectivity index (χ2n) is 6.61. The number of sulfonamides is 1. The molecule has 1 aliphatic heterocycles. The molecule has 24 heavy (non-hydrogen) atoms. The second-order valence-corrected chi connectivity index (χ2v) is 8.92. The van der Waals surface area contributed by atoms with Crippen LogP contribution in [0.5, 0.6) is 0 Å². The van der Waals surface area contributed by atoms with E-state index >= 15 is 0 Å². The van der Waals surface area contributed by atoms with Crippen LogP contribution in [-0.2, 0) is 10.0 Å². The van der Waals surface area contributed by atoms with E-state index in [2.05, 4.69) is 0 Å². The fraction of sp³-hybridized carbons (Fsp3) is 0.588. The lowest BCUT2D eigenvalue weighted by Crippen LogP contribution is -2.35. The van der Waals surface area contributed by atoms with Gasteiger partial charge in [0.25, 0.3) is 5.91 Å². The van der Waals surface area contributed by atoms with Crippen molar-refractivity contribution < 1.29 is 13.2 Å². The molecule has 0 aromatic heterocycles. The highest BCUT2D eigenvalue weighted by atomic mass is 35.5. The average Bonchev–Trinajstić information content (AvgIpc) is 3.27. The fourth-order valence-electron chi connectivity index (χ4n) is 3.56. The number of hydrogen-bond donors (Lipinski definition) is 0. The Morgan fingerprint density at radius 3 is 2.42 bits per heavy atom. The zero-order valence-electron chi connectivity index (χ0n) is 13.9. The maximum Gasteiger partial charge on any atom is 0.253 e. The van der Waals surface area contributed by atoms with E-state index in [-0.39, 0.29) is 21.9 Å². The van der Waals surface area contributed by atoms with Crippen LogP contribution in [0.3, 0.4) is 0 Å². The van der Waals surface area contributed by atoms with E-state index in [1.165, 1.54) is 16.4 Å². The molecule has 2 aliphatic rings. The van der Waals surface area contributed by atoms with Crippen molar-refractivity contribution in [3.63, 3.8) is 0 Å². The highest BCUT2D eigenvalue weighted by molar-refractivity contribution is 7.89. The van der Waals surface area contributed by atoms with E-state index in [9.17, 15) is 13.2 Å². The molecule has 1 saturated heterocycles. The molecule has 0 unspecified atom stereocenters. The minimum Gasteiger partial charge on any atom is -0.339 e. The number of nitrogens with zero attached hydrogens (tertiary/aromatic N) is 2. The monoisotopic (exact) mass is 370 g/mol. The third-order valence-electron chi connectivity index (χ3n) is 5.05. The Kier molecular flexibility index (Phi) is 5.18. The van der Waals surface area contributed by atoms with Gasteiger partial charge in [-0.05, 0) is 43.9 Å². The number of halogens is 1. The molecule has 0 radical (unpaired) electrons. The van der Waals surface area contributed by atoms with Crippen molar-refractivity contribution in [2.45, 2.75) is 49.5 Å². The smallest absolute Gasteiger partial charge is 0.253 e. The van der Waals surface area contributed by atoms with Gasteiger partial charge in [0, 0.05) is 31.7 Å². The van der Waals surface area contributed by atoms with Crippen LogP contribution < -0.4 is 0 Å². The minimum atomic E-state index is -3.64. The van der Waals surface area contributed by atoms with E-state index in [0.717, 1.165) is 38.5 Å². The summed E-state index contributed by atoms with van der Waals surface area (Å²) in [4.78, 5) is 14.5. The number of carbonyl (C=O) groups excluding carboxylic acids is 1. The summed E-state index contributed by atoms with van der Waals surface area (Å²) in [5.41, 5.74) is 0.381. The Labute approximate surface area is 148 Å². The first-order valence-corrected chi connectivity index (χ1v) is 10.3. The molecule has 5 nitrogen and oxygen atoms in total. The number of benzene rings is 1. The first kappa shape index (κ1) is 17.7. The van der Waals surface area contributed by atoms with Crippen molar-refractivity contribution >= 4 is 27.5 Å². The van der Waals surface area contributed by atoms with Gasteiger partial charge in [0.05, 0.1) is 5.02 Å². The molecule has 1 saturated carbocycles. The molecule has 0 atom stereocenters. The quantitative estimate of drug-likeness (QED) is 0.818. The third-order valence-corrected chi connectivity index (χ3v) is 7.43. The van der Waals surface area contributed by atoms with Crippen molar-refractivity contribution in [1.82, 2.24) is 9.21 Å². The lowest BCUT2D eigenvalue weighted by molar-refractivity contribution is 0.0735. The van der Waals surface area contributed by atoms with E-state index in [4.69, 9.17) is 11.6 Å². The first-order valence-electron chi connectivity index (χ1n) is 8.48. The van der Waals surface area contributed by atoms with Crippen LogP contribution >= 0.6 is 11.6 Å². The largest absolute Gasteiger partial charge is 0.339 e. The Hall–Kier alpha value is -1.11. The molecule has 0 spiro atoms. The van der Waals surface area contributed by atoms with Gasteiger partial charge in [-0.1, -0.05) is 24.4 Å². The summed E-state index contributed by atoms with van der Waals surface area (Å²) in [5.74, 6) is -0.142. The van der Waals surface area contributed by atoms with Gasteiger partial charge in [0.1, 0.15) is 4.90 Å². The van der Waals surface area contributed by atoms with Crippen molar-refractivity contribution in [3.8, 4) is 0 Å². The number of hydrogen-bond acceptors (Lipinski definition) is 3. The summed E-state index contributed by atoms with van der Waals surface area (Å²) in [7, 11) is -1.85. The summed E-state index contributed by atoms with van der Waals surface area (Å²) in [6, 6.07) is 4.80. The van der Waals surface area contributed by atoms with Gasteiger partial charge in [-0.3, -0.25) is 4.79 Å². The van der Waals surface area contributed by atoms with Crippen LogP contribution in [0.2, 0.25) is 5.02 Å². The second kappa shape index (κ2) is 7.02. The number of rotatable bonds is 4. The predicted molar refractivity (Wildman–Crippen MR) is 93.8 cm³/mol. The minimum absolute atomic E-state index is 0.0386. The van der Waals surface area contributed by atoms with Gasteiger partial charge in [-0.2, -0.15) is 4.31 Å². The molecule has 1 aromatic rings. The molecule has 0 bridgehead atoms. The molecule has 3 rings (SSSR count). The maximum atomic E-state index is 12.8. The number of amides is 1. The van der Waals surface area contributed by atoms with Crippen molar-refractivity contribution in [2.24, 2.45) is 0 Å². The van der Waals surface area contributed by atoms with Crippen LogP contribution in [-0.4, -0.2) is 49.7 Å². The van der Waals surface area contributed by atoms with Crippen LogP contribution in [0.15, 0.2) is 23.1 Å². The van der Waals surface area contributed by atoms with Gasteiger partial charge in [-0.15, -0.1) is 0 Å². The van der Waals surface area contributed by atoms with Crippen LogP contribution in [0, 0.1) is 0 Å². The molecule has 1 aromatic carbocycles. The summed E-state index contributed by atoms with van der Waals surface area (Å²) < 4.78 is 27.0. The Morgan fingerprint density at radius 2 is 1.79 bits per heavy atom. The third kappa shape index (κ3) is 3.32. The highest BCUT2D eigenvalue weighted by Gasteiger charge is 2.31.